The lowest BCUT2D eigenvalue weighted by Crippen LogP contribution is -2.36. The smallest absolute Gasteiger partial charge is 0.207 e. The molecule has 1 aromatic rings. The first-order chi connectivity index (χ1) is 10.9. The summed E-state index contributed by atoms with van der Waals surface area (Å²) < 4.78 is 95.9. The SMILES string of the molecule is O=S(=O)(NCCCCC#Cc1ccc(C(F)(F)F)cc1)C(F)(F)F. The van der Waals surface area contributed by atoms with Crippen LogP contribution in [-0.2, 0) is 16.2 Å². The fraction of sp³-hybridized carbons (Fsp3) is 0.429. The van der Waals surface area contributed by atoms with Gasteiger partial charge in [-0.15, -0.1) is 0 Å². The summed E-state index contributed by atoms with van der Waals surface area (Å²) in [5.74, 6) is 5.28. The summed E-state index contributed by atoms with van der Waals surface area (Å²) in [6.45, 7) is -0.371. The molecule has 0 spiro atoms. The van der Waals surface area contributed by atoms with Crippen molar-refractivity contribution in [1.82, 2.24) is 4.72 Å². The number of sulfonamides is 1. The van der Waals surface area contributed by atoms with Gasteiger partial charge >= 0.3 is 21.7 Å². The first-order valence-corrected chi connectivity index (χ1v) is 8.14. The molecule has 24 heavy (non-hydrogen) atoms. The average Bonchev–Trinajstić information content (AvgIpc) is 2.44. The van der Waals surface area contributed by atoms with Crippen molar-refractivity contribution in [3.8, 4) is 11.8 Å². The fourth-order valence-electron chi connectivity index (χ4n) is 1.53. The molecule has 1 rings (SSSR count). The Morgan fingerprint density at radius 3 is 2.04 bits per heavy atom. The van der Waals surface area contributed by atoms with Gasteiger partial charge in [0, 0.05) is 18.5 Å². The number of hydrogen-bond donors (Lipinski definition) is 1. The van der Waals surface area contributed by atoms with E-state index in [4.69, 9.17) is 0 Å². The minimum absolute atomic E-state index is 0.150. The van der Waals surface area contributed by atoms with E-state index in [0.717, 1.165) is 12.1 Å². The van der Waals surface area contributed by atoms with Crippen molar-refractivity contribution in [3.05, 3.63) is 35.4 Å². The van der Waals surface area contributed by atoms with Crippen LogP contribution in [0.1, 0.15) is 30.4 Å². The predicted molar refractivity (Wildman–Crippen MR) is 75.2 cm³/mol. The molecule has 1 N–H and O–H groups in total. The number of hydrogen-bond acceptors (Lipinski definition) is 2. The Morgan fingerprint density at radius 2 is 1.54 bits per heavy atom. The van der Waals surface area contributed by atoms with Gasteiger partial charge in [0.2, 0.25) is 0 Å². The van der Waals surface area contributed by atoms with Gasteiger partial charge in [0.05, 0.1) is 5.56 Å². The Kier molecular flexibility index (Phi) is 6.68. The molecular weight excluding hydrogens is 360 g/mol. The lowest BCUT2D eigenvalue weighted by molar-refractivity contribution is -0.137. The van der Waals surface area contributed by atoms with E-state index >= 15 is 0 Å². The number of rotatable bonds is 5. The van der Waals surface area contributed by atoms with Gasteiger partial charge in [-0.2, -0.15) is 26.3 Å². The third kappa shape index (κ3) is 6.41. The molecule has 0 atom stereocenters. The van der Waals surface area contributed by atoms with Crippen molar-refractivity contribution < 1.29 is 34.8 Å². The summed E-state index contributed by atoms with van der Waals surface area (Å²) in [6, 6.07) is 4.23. The van der Waals surface area contributed by atoms with E-state index < -0.39 is 27.3 Å². The van der Waals surface area contributed by atoms with Gasteiger partial charge < -0.3 is 0 Å². The Balaban J connectivity index is 2.36. The second-order valence-corrected chi connectivity index (χ2v) is 6.44. The van der Waals surface area contributed by atoms with Crippen LogP contribution in [0.15, 0.2) is 24.3 Å². The molecule has 0 saturated carbocycles. The molecule has 134 valence electrons. The van der Waals surface area contributed by atoms with Crippen LogP contribution in [0.2, 0.25) is 0 Å². The third-order valence-electron chi connectivity index (χ3n) is 2.77. The number of unbranched alkanes of at least 4 members (excludes halogenated alkanes) is 2. The van der Waals surface area contributed by atoms with E-state index in [2.05, 4.69) is 11.8 Å². The van der Waals surface area contributed by atoms with Gasteiger partial charge in [-0.1, -0.05) is 11.8 Å². The molecule has 0 unspecified atom stereocenters. The molecule has 0 aromatic heterocycles. The summed E-state index contributed by atoms with van der Waals surface area (Å²) >= 11 is 0. The van der Waals surface area contributed by atoms with Crippen molar-refractivity contribution in [2.75, 3.05) is 6.54 Å². The maximum absolute atomic E-state index is 12.3. The Morgan fingerprint density at radius 1 is 0.958 bits per heavy atom. The highest BCUT2D eigenvalue weighted by Gasteiger charge is 2.45. The normalized spacial score (nSPS) is 12.6. The second-order valence-electron chi connectivity index (χ2n) is 4.68. The molecule has 10 heteroatoms. The predicted octanol–water partition coefficient (Wildman–Crippen LogP) is 3.67. The van der Waals surface area contributed by atoms with Crippen molar-refractivity contribution in [1.29, 1.82) is 0 Å². The molecule has 0 aliphatic rings. The zero-order valence-electron chi connectivity index (χ0n) is 12.1. The van der Waals surface area contributed by atoms with Gasteiger partial charge in [-0.25, -0.2) is 13.1 Å². The van der Waals surface area contributed by atoms with E-state index in [9.17, 15) is 34.8 Å². The molecule has 0 fully saturated rings. The van der Waals surface area contributed by atoms with E-state index in [1.165, 1.54) is 16.9 Å². The largest absolute Gasteiger partial charge is 0.511 e. The average molecular weight is 373 g/mol. The summed E-state index contributed by atoms with van der Waals surface area (Å²) in [4.78, 5) is 0. The minimum Gasteiger partial charge on any atom is -0.207 e. The minimum atomic E-state index is -5.34. The zero-order chi connectivity index (χ0) is 18.4. The Hall–Kier alpha value is -1.73. The number of nitrogens with one attached hydrogen (secondary N) is 1. The molecule has 3 nitrogen and oxygen atoms in total. The van der Waals surface area contributed by atoms with Crippen molar-refractivity contribution >= 4 is 10.0 Å². The van der Waals surface area contributed by atoms with Crippen LogP contribution >= 0.6 is 0 Å². The monoisotopic (exact) mass is 373 g/mol. The Labute approximate surface area is 135 Å². The number of halogens is 6. The van der Waals surface area contributed by atoms with Crippen LogP contribution in [0.4, 0.5) is 26.3 Å². The highest BCUT2D eigenvalue weighted by Crippen LogP contribution is 2.28. The van der Waals surface area contributed by atoms with E-state index in [1.807, 2.05) is 0 Å². The van der Waals surface area contributed by atoms with Crippen molar-refractivity contribution in [2.24, 2.45) is 0 Å². The molecule has 1 aromatic carbocycles. The van der Waals surface area contributed by atoms with Crippen molar-refractivity contribution in [3.63, 3.8) is 0 Å². The topological polar surface area (TPSA) is 46.2 Å². The quantitative estimate of drug-likeness (QED) is 0.486. The molecular formula is C14H13F6NO2S. The van der Waals surface area contributed by atoms with Gasteiger partial charge in [-0.05, 0) is 37.1 Å². The summed E-state index contributed by atoms with van der Waals surface area (Å²) in [7, 11) is -5.33. The van der Waals surface area contributed by atoms with Gasteiger partial charge in [-0.3, -0.25) is 0 Å². The molecule has 0 saturated heterocycles. The molecule has 0 heterocycles. The first kappa shape index (κ1) is 20.3. The van der Waals surface area contributed by atoms with Gasteiger partial charge in [0.1, 0.15) is 0 Å². The van der Waals surface area contributed by atoms with Crippen LogP contribution in [0, 0.1) is 11.8 Å². The highest BCUT2D eigenvalue weighted by atomic mass is 32.2. The maximum Gasteiger partial charge on any atom is 0.511 e. The van der Waals surface area contributed by atoms with E-state index in [1.54, 1.807) is 0 Å². The van der Waals surface area contributed by atoms with Gasteiger partial charge in [0.25, 0.3) is 0 Å². The Bertz CT molecular complexity index is 696. The molecule has 0 bridgehead atoms. The highest BCUT2D eigenvalue weighted by molar-refractivity contribution is 7.90. The molecule has 0 radical (unpaired) electrons. The van der Waals surface area contributed by atoms with Crippen LogP contribution in [0.5, 0.6) is 0 Å². The first-order valence-electron chi connectivity index (χ1n) is 6.65. The van der Waals surface area contributed by atoms with Crippen molar-refractivity contribution in [2.45, 2.75) is 30.9 Å². The second kappa shape index (κ2) is 7.90. The standard InChI is InChI=1S/C14H13F6NO2S/c15-13(16,17)12-8-6-11(7-9-12)5-3-1-2-4-10-21-24(22,23)14(18,19)20/h6-9,21H,1-2,4,10H2. The summed E-state index contributed by atoms with van der Waals surface area (Å²) in [6.07, 6.45) is -3.66. The van der Waals surface area contributed by atoms with Crippen LogP contribution in [0.3, 0.4) is 0 Å². The number of alkyl halides is 6. The fourth-order valence-corrected chi connectivity index (χ4v) is 2.11. The van der Waals surface area contributed by atoms with E-state index in [-0.39, 0.29) is 19.4 Å². The van der Waals surface area contributed by atoms with Crippen LogP contribution < -0.4 is 4.72 Å². The molecule has 0 amide bonds. The van der Waals surface area contributed by atoms with E-state index in [0.29, 0.717) is 12.0 Å². The molecule has 0 aliphatic carbocycles. The maximum atomic E-state index is 12.3. The zero-order valence-corrected chi connectivity index (χ0v) is 12.9. The number of benzene rings is 1. The lowest BCUT2D eigenvalue weighted by Gasteiger charge is -2.08. The lowest BCUT2D eigenvalue weighted by atomic mass is 10.1. The van der Waals surface area contributed by atoms with Crippen LogP contribution in [0.25, 0.3) is 0 Å². The van der Waals surface area contributed by atoms with Crippen LogP contribution in [-0.4, -0.2) is 20.5 Å². The summed E-state index contributed by atoms with van der Waals surface area (Å²) in [5, 5.41) is 0. The third-order valence-corrected chi connectivity index (χ3v) is 3.96. The summed E-state index contributed by atoms with van der Waals surface area (Å²) in [5.41, 5.74) is -5.75. The molecule has 0 aliphatic heterocycles. The van der Waals surface area contributed by atoms with Gasteiger partial charge in [0.15, 0.2) is 0 Å².